The Hall–Kier alpha value is -2.99. The van der Waals surface area contributed by atoms with E-state index in [1.54, 1.807) is 16.5 Å². The van der Waals surface area contributed by atoms with E-state index in [4.69, 9.17) is 4.74 Å². The van der Waals surface area contributed by atoms with Crippen molar-refractivity contribution in [2.24, 2.45) is 0 Å². The molecule has 4 rings (SSSR count). The Morgan fingerprint density at radius 3 is 2.56 bits per heavy atom. The number of benzene rings is 1. The molecular formula is C22H29FN8O2S. The van der Waals surface area contributed by atoms with Gasteiger partial charge >= 0.3 is 0 Å². The topological polar surface area (TPSA) is 118 Å². The molecule has 3 aromatic rings. The number of amides is 1. The predicted octanol–water partition coefficient (Wildman–Crippen LogP) is 2.48. The SMILES string of the molecule is CCNc1nc(NCC)n2c(SCC(=O)NCC3(c4ccc(F)cc4)CCOCC3)nnc2n1. The van der Waals surface area contributed by atoms with Gasteiger partial charge in [0.1, 0.15) is 5.82 Å². The van der Waals surface area contributed by atoms with Gasteiger partial charge < -0.3 is 20.7 Å². The van der Waals surface area contributed by atoms with E-state index in [-0.39, 0.29) is 22.9 Å². The monoisotopic (exact) mass is 488 g/mol. The number of hydrogen-bond acceptors (Lipinski definition) is 9. The molecule has 0 saturated carbocycles. The lowest BCUT2D eigenvalue weighted by Gasteiger charge is -2.38. The summed E-state index contributed by atoms with van der Waals surface area (Å²) in [6, 6.07) is 6.53. The van der Waals surface area contributed by atoms with Crippen molar-refractivity contribution in [2.75, 3.05) is 49.2 Å². The van der Waals surface area contributed by atoms with E-state index in [9.17, 15) is 9.18 Å². The van der Waals surface area contributed by atoms with Crippen molar-refractivity contribution in [3.8, 4) is 0 Å². The molecule has 0 unspecified atom stereocenters. The van der Waals surface area contributed by atoms with Crippen LogP contribution >= 0.6 is 11.8 Å². The summed E-state index contributed by atoms with van der Waals surface area (Å²) in [5.41, 5.74) is 0.736. The van der Waals surface area contributed by atoms with Crippen molar-refractivity contribution >= 4 is 35.3 Å². The lowest BCUT2D eigenvalue weighted by molar-refractivity contribution is -0.119. The highest BCUT2D eigenvalue weighted by atomic mass is 32.2. The Balaban J connectivity index is 1.43. The van der Waals surface area contributed by atoms with Crippen LogP contribution in [0.1, 0.15) is 32.3 Å². The molecule has 10 nitrogen and oxygen atoms in total. The summed E-state index contributed by atoms with van der Waals surface area (Å²) in [7, 11) is 0. The average Bonchev–Trinajstić information content (AvgIpc) is 3.26. The number of hydrogen-bond donors (Lipinski definition) is 3. The molecule has 1 aromatic carbocycles. The van der Waals surface area contributed by atoms with E-state index in [1.807, 2.05) is 13.8 Å². The van der Waals surface area contributed by atoms with Gasteiger partial charge in [-0.25, -0.2) is 8.79 Å². The minimum atomic E-state index is -0.275. The van der Waals surface area contributed by atoms with Crippen molar-refractivity contribution in [1.82, 2.24) is 29.9 Å². The summed E-state index contributed by atoms with van der Waals surface area (Å²) in [6.45, 7) is 6.95. The van der Waals surface area contributed by atoms with E-state index >= 15 is 0 Å². The molecule has 0 aliphatic carbocycles. The number of aromatic nitrogens is 5. The van der Waals surface area contributed by atoms with Crippen molar-refractivity contribution < 1.29 is 13.9 Å². The Morgan fingerprint density at radius 2 is 1.85 bits per heavy atom. The maximum Gasteiger partial charge on any atom is 0.261 e. The Kier molecular flexibility index (Phi) is 7.78. The van der Waals surface area contributed by atoms with Crippen molar-refractivity contribution in [1.29, 1.82) is 0 Å². The highest BCUT2D eigenvalue weighted by molar-refractivity contribution is 7.99. The number of halogens is 1. The first kappa shape index (κ1) is 24.1. The Morgan fingerprint density at radius 1 is 1.12 bits per heavy atom. The maximum atomic E-state index is 13.4. The lowest BCUT2D eigenvalue weighted by atomic mass is 9.74. The van der Waals surface area contributed by atoms with Gasteiger partial charge in [0.25, 0.3) is 5.78 Å². The van der Waals surface area contributed by atoms with Crippen LogP contribution in [0.3, 0.4) is 0 Å². The molecule has 1 saturated heterocycles. The van der Waals surface area contributed by atoms with Crippen LogP contribution in [0.5, 0.6) is 0 Å². The number of thioether (sulfide) groups is 1. The predicted molar refractivity (Wildman–Crippen MR) is 129 cm³/mol. The van der Waals surface area contributed by atoms with Crippen molar-refractivity contribution in [3.05, 3.63) is 35.6 Å². The van der Waals surface area contributed by atoms with Crippen LogP contribution in [0, 0.1) is 5.82 Å². The van der Waals surface area contributed by atoms with Gasteiger partial charge in [-0.2, -0.15) is 9.97 Å². The fourth-order valence-corrected chi connectivity index (χ4v) is 4.74. The first-order chi connectivity index (χ1) is 16.5. The van der Waals surface area contributed by atoms with Crippen molar-refractivity contribution in [2.45, 2.75) is 37.3 Å². The zero-order valence-corrected chi connectivity index (χ0v) is 20.1. The minimum Gasteiger partial charge on any atom is -0.381 e. The summed E-state index contributed by atoms with van der Waals surface area (Å²) in [5.74, 6) is 1.21. The zero-order chi connectivity index (χ0) is 24.0. The second-order valence-electron chi connectivity index (χ2n) is 8.01. The first-order valence-electron chi connectivity index (χ1n) is 11.4. The third-order valence-electron chi connectivity index (χ3n) is 5.78. The number of carbonyl (C=O) groups is 1. The molecule has 0 radical (unpaired) electrons. The van der Waals surface area contributed by atoms with Crippen LogP contribution in [-0.4, -0.2) is 69.1 Å². The molecule has 0 atom stereocenters. The maximum absolute atomic E-state index is 13.4. The minimum absolute atomic E-state index is 0.120. The molecule has 34 heavy (non-hydrogen) atoms. The van der Waals surface area contributed by atoms with E-state index in [0.717, 1.165) is 18.4 Å². The Labute approximate surface area is 201 Å². The molecule has 1 aliphatic rings. The zero-order valence-electron chi connectivity index (χ0n) is 19.3. The number of rotatable bonds is 10. The largest absolute Gasteiger partial charge is 0.381 e. The van der Waals surface area contributed by atoms with E-state index < -0.39 is 0 Å². The number of ether oxygens (including phenoxy) is 1. The molecule has 0 spiro atoms. The number of nitrogens with one attached hydrogen (secondary N) is 3. The summed E-state index contributed by atoms with van der Waals surface area (Å²) in [5, 5.41) is 18.2. The second-order valence-corrected chi connectivity index (χ2v) is 8.96. The number of anilines is 2. The number of carbonyl (C=O) groups excluding carboxylic acids is 1. The van der Waals surface area contributed by atoms with Crippen LogP contribution in [0.25, 0.3) is 5.78 Å². The molecule has 0 bridgehead atoms. The normalized spacial score (nSPS) is 15.3. The molecule has 1 aliphatic heterocycles. The average molecular weight is 489 g/mol. The third-order valence-corrected chi connectivity index (χ3v) is 6.71. The van der Waals surface area contributed by atoms with Crippen molar-refractivity contribution in [3.63, 3.8) is 0 Å². The van der Waals surface area contributed by atoms with Gasteiger partial charge in [0, 0.05) is 38.3 Å². The van der Waals surface area contributed by atoms with Crippen LogP contribution in [-0.2, 0) is 14.9 Å². The van der Waals surface area contributed by atoms with E-state index in [1.165, 1.54) is 23.9 Å². The van der Waals surface area contributed by atoms with Gasteiger partial charge in [-0.15, -0.1) is 10.2 Å². The molecule has 1 amide bonds. The van der Waals surface area contributed by atoms with Gasteiger partial charge in [0.05, 0.1) is 5.75 Å². The van der Waals surface area contributed by atoms with Gasteiger partial charge in [0.2, 0.25) is 17.8 Å². The number of fused-ring (bicyclic) bond motifs is 1. The van der Waals surface area contributed by atoms with Crippen LogP contribution in [0.2, 0.25) is 0 Å². The molecule has 3 N–H and O–H groups in total. The van der Waals surface area contributed by atoms with Crippen LogP contribution in [0.4, 0.5) is 16.3 Å². The van der Waals surface area contributed by atoms with Gasteiger partial charge in [-0.3, -0.25) is 4.79 Å². The molecule has 12 heteroatoms. The standard InChI is InChI=1S/C22H29FN8O2S/c1-3-24-18-27-19(25-4-2)31-20(28-18)29-30-21(31)34-13-17(32)26-14-22(9-11-33-12-10-22)15-5-7-16(23)8-6-15/h5-8H,3-4,9-14H2,1-2H3,(H,26,32)(H2,24,25,27,28,29). The smallest absolute Gasteiger partial charge is 0.261 e. The molecule has 1 fully saturated rings. The highest BCUT2D eigenvalue weighted by Crippen LogP contribution is 2.34. The summed E-state index contributed by atoms with van der Waals surface area (Å²) in [6.07, 6.45) is 1.52. The molecule has 182 valence electrons. The molecule has 3 heterocycles. The summed E-state index contributed by atoms with van der Waals surface area (Å²) >= 11 is 1.27. The van der Waals surface area contributed by atoms with Gasteiger partial charge in [-0.05, 0) is 44.4 Å². The molecule has 2 aromatic heterocycles. The lowest BCUT2D eigenvalue weighted by Crippen LogP contribution is -2.45. The first-order valence-corrected chi connectivity index (χ1v) is 12.4. The van der Waals surface area contributed by atoms with Gasteiger partial charge in [-0.1, -0.05) is 23.9 Å². The summed E-state index contributed by atoms with van der Waals surface area (Å²) in [4.78, 5) is 21.6. The number of nitrogens with zero attached hydrogens (tertiary/aromatic N) is 5. The third kappa shape index (κ3) is 5.39. The Bertz CT molecular complexity index is 1120. The highest BCUT2D eigenvalue weighted by Gasteiger charge is 2.35. The second kappa shape index (κ2) is 11.0. The van der Waals surface area contributed by atoms with E-state index in [0.29, 0.717) is 55.7 Å². The fraction of sp³-hybridized carbons (Fsp3) is 0.500. The van der Waals surface area contributed by atoms with E-state index in [2.05, 4.69) is 36.1 Å². The molecular weight excluding hydrogens is 459 g/mol. The van der Waals surface area contributed by atoms with Crippen LogP contribution < -0.4 is 16.0 Å². The summed E-state index contributed by atoms with van der Waals surface area (Å²) < 4.78 is 20.7. The van der Waals surface area contributed by atoms with Gasteiger partial charge in [0.15, 0.2) is 5.16 Å². The quantitative estimate of drug-likeness (QED) is 0.370. The van der Waals surface area contributed by atoms with Crippen LogP contribution in [0.15, 0.2) is 29.4 Å². The fourth-order valence-electron chi connectivity index (χ4n) is 3.98.